The molecule has 0 unspecified atom stereocenters. The van der Waals surface area contributed by atoms with Crippen molar-refractivity contribution in [3.63, 3.8) is 0 Å². The quantitative estimate of drug-likeness (QED) is 0.102. The molecule has 0 saturated carbocycles. The van der Waals surface area contributed by atoms with Gasteiger partial charge in [0.05, 0.1) is 28.0 Å². The number of non-ortho nitro benzene ring substituents is 1. The van der Waals surface area contributed by atoms with E-state index in [1.54, 1.807) is 18.2 Å². The van der Waals surface area contributed by atoms with Gasteiger partial charge in [0.25, 0.3) is 11.6 Å². The Kier molecular flexibility index (Phi) is 7.74. The molecule has 0 spiro atoms. The first-order valence-corrected chi connectivity index (χ1v) is 13.1. The van der Waals surface area contributed by atoms with Gasteiger partial charge in [-0.25, -0.2) is 4.79 Å². The number of nitro benzene ring substituents is 1. The number of imide groups is 1. The number of ketones is 1. The molecule has 5 rings (SSSR count). The maximum Gasteiger partial charge on any atom is 0.338 e. The third-order valence-electron chi connectivity index (χ3n) is 7.28. The summed E-state index contributed by atoms with van der Waals surface area (Å²) in [7, 11) is 0. The number of benzene rings is 3. The number of hydrogen-bond acceptors (Lipinski definition) is 8. The molecular formula is C31H25N3O8. The molecule has 1 heterocycles. The van der Waals surface area contributed by atoms with Crippen LogP contribution >= 0.6 is 0 Å². The first-order chi connectivity index (χ1) is 20.1. The molecule has 0 aromatic heterocycles. The molecule has 3 aromatic carbocycles. The van der Waals surface area contributed by atoms with Gasteiger partial charge in [0, 0.05) is 28.9 Å². The van der Waals surface area contributed by atoms with Gasteiger partial charge in [-0.3, -0.25) is 34.2 Å². The average Bonchev–Trinajstić information content (AvgIpc) is 3.24. The Hall–Kier alpha value is -5.45. The molecule has 3 amide bonds. The molecule has 0 bridgehead atoms. The summed E-state index contributed by atoms with van der Waals surface area (Å²) in [5.74, 6) is -3.10. The maximum atomic E-state index is 13.0. The topological polar surface area (TPSA) is 153 Å². The Labute approximate surface area is 239 Å². The van der Waals surface area contributed by atoms with Crippen molar-refractivity contribution in [1.82, 2.24) is 0 Å². The van der Waals surface area contributed by atoms with Gasteiger partial charge in [0.2, 0.25) is 17.6 Å². The lowest BCUT2D eigenvalue weighted by Gasteiger charge is -2.18. The molecular weight excluding hydrogens is 542 g/mol. The summed E-state index contributed by atoms with van der Waals surface area (Å²) in [6, 6.07) is 17.1. The van der Waals surface area contributed by atoms with Gasteiger partial charge < -0.3 is 10.1 Å². The maximum absolute atomic E-state index is 13.0. The van der Waals surface area contributed by atoms with Crippen molar-refractivity contribution in [2.24, 2.45) is 11.8 Å². The number of ether oxygens (including phenoxy) is 1. The van der Waals surface area contributed by atoms with E-state index in [4.69, 9.17) is 4.74 Å². The number of nitrogens with zero attached hydrogens (tertiary/aromatic N) is 2. The van der Waals surface area contributed by atoms with Crippen LogP contribution in [0.1, 0.15) is 50.8 Å². The second-order valence-corrected chi connectivity index (χ2v) is 10.1. The second kappa shape index (κ2) is 11.6. The molecule has 11 nitrogen and oxygen atoms in total. The summed E-state index contributed by atoms with van der Waals surface area (Å²) >= 11 is 0. The van der Waals surface area contributed by atoms with Crippen LogP contribution in [0, 0.1) is 22.0 Å². The lowest BCUT2D eigenvalue weighted by atomic mass is 9.82. The molecule has 11 heteroatoms. The van der Waals surface area contributed by atoms with Crippen molar-refractivity contribution >= 4 is 46.5 Å². The van der Waals surface area contributed by atoms with Crippen LogP contribution in [0.2, 0.25) is 0 Å². The van der Waals surface area contributed by atoms with Crippen LogP contribution in [0.5, 0.6) is 0 Å². The Morgan fingerprint density at radius 2 is 1.62 bits per heavy atom. The van der Waals surface area contributed by atoms with E-state index in [1.807, 2.05) is 13.0 Å². The Balaban J connectivity index is 1.20. The van der Waals surface area contributed by atoms with Crippen LogP contribution in [0.4, 0.5) is 17.1 Å². The van der Waals surface area contributed by atoms with Gasteiger partial charge in [-0.2, -0.15) is 0 Å². The van der Waals surface area contributed by atoms with Crippen molar-refractivity contribution in [3.8, 4) is 0 Å². The largest absolute Gasteiger partial charge is 0.454 e. The smallest absolute Gasteiger partial charge is 0.338 e. The van der Waals surface area contributed by atoms with Crippen molar-refractivity contribution in [3.05, 3.63) is 111 Å². The van der Waals surface area contributed by atoms with Crippen LogP contribution in [-0.2, 0) is 14.3 Å². The molecule has 2 aliphatic rings. The molecule has 42 heavy (non-hydrogen) atoms. The fourth-order valence-corrected chi connectivity index (χ4v) is 5.07. The molecule has 0 radical (unpaired) electrons. The van der Waals surface area contributed by atoms with E-state index in [-0.39, 0.29) is 46.0 Å². The number of carbonyl (C=O) groups is 5. The first-order valence-electron chi connectivity index (χ1n) is 13.1. The van der Waals surface area contributed by atoms with Gasteiger partial charge in [0.15, 0.2) is 6.61 Å². The number of hydrogen-bond donors (Lipinski definition) is 1. The van der Waals surface area contributed by atoms with Gasteiger partial charge in [-0.05, 0) is 62.2 Å². The average molecular weight is 568 g/mol. The number of allylic oxidation sites excluding steroid dienone is 2. The highest BCUT2D eigenvalue weighted by molar-refractivity contribution is 6.22. The molecule has 3 aromatic rings. The first kappa shape index (κ1) is 28.1. The molecule has 1 saturated heterocycles. The van der Waals surface area contributed by atoms with Crippen LogP contribution in [0.15, 0.2) is 84.4 Å². The molecule has 212 valence electrons. The monoisotopic (exact) mass is 567 g/mol. The van der Waals surface area contributed by atoms with Crippen molar-refractivity contribution in [2.75, 3.05) is 16.8 Å². The summed E-state index contributed by atoms with van der Waals surface area (Å²) in [6.07, 6.45) is 3.10. The van der Waals surface area contributed by atoms with Gasteiger partial charge in [-0.1, -0.05) is 29.8 Å². The molecule has 1 fully saturated rings. The highest BCUT2D eigenvalue weighted by atomic mass is 16.6. The minimum absolute atomic E-state index is 0.0351. The molecule has 1 aliphatic heterocycles. The highest BCUT2D eigenvalue weighted by Gasteiger charge is 2.48. The summed E-state index contributed by atoms with van der Waals surface area (Å²) in [5, 5.41) is 13.6. The van der Waals surface area contributed by atoms with Crippen LogP contribution < -0.4 is 10.2 Å². The summed E-state index contributed by atoms with van der Waals surface area (Å²) in [5.41, 5.74) is 1.91. The zero-order valence-electron chi connectivity index (χ0n) is 22.4. The summed E-state index contributed by atoms with van der Waals surface area (Å²) in [6.45, 7) is 1.33. The zero-order chi connectivity index (χ0) is 30.0. The van der Waals surface area contributed by atoms with E-state index in [1.165, 1.54) is 53.4 Å². The van der Waals surface area contributed by atoms with E-state index in [0.29, 0.717) is 24.2 Å². The van der Waals surface area contributed by atoms with Gasteiger partial charge >= 0.3 is 5.97 Å². The number of esters is 1. The number of nitro groups is 1. The molecule has 2 atom stereocenters. The number of nitrogens with one attached hydrogen (secondary N) is 1. The van der Waals surface area contributed by atoms with E-state index < -0.39 is 29.2 Å². The van der Waals surface area contributed by atoms with Crippen LogP contribution in [0.3, 0.4) is 0 Å². The predicted molar refractivity (Wildman–Crippen MR) is 151 cm³/mol. The SMILES string of the molecule is CC1=CC[C@@H]2C(=O)N(c3ccc(C(=O)Nc4cccc(C(=O)OCC(=O)c5cccc([N+](=O)[O-])c5)c4)cc3)C(=O)[C@H]2C1. The number of anilines is 2. The number of Topliss-reactive ketones (excluding diaryl/α,β-unsaturated/α-hetero) is 1. The lowest BCUT2D eigenvalue weighted by molar-refractivity contribution is -0.384. The standard InChI is InChI=1S/C31H25N3O8/c1-18-8-13-25-26(14-18)30(38)33(29(25)37)23-11-9-19(10-12-23)28(36)32-22-6-2-5-21(15-22)31(39)42-17-27(35)20-4-3-7-24(16-20)34(40)41/h2-12,15-16,25-26H,13-14,17H2,1H3,(H,32,36)/t25-,26-/m0/s1. The number of rotatable bonds is 8. The second-order valence-electron chi connectivity index (χ2n) is 10.1. The van der Waals surface area contributed by atoms with Crippen molar-refractivity contribution in [1.29, 1.82) is 0 Å². The summed E-state index contributed by atoms with van der Waals surface area (Å²) in [4.78, 5) is 75.1. The van der Waals surface area contributed by atoms with Crippen molar-refractivity contribution in [2.45, 2.75) is 19.8 Å². The third kappa shape index (κ3) is 5.71. The minimum atomic E-state index is -0.819. The Morgan fingerprint density at radius 3 is 2.36 bits per heavy atom. The molecule has 1 N–H and O–H groups in total. The fraction of sp³-hybridized carbons (Fsp3) is 0.194. The Bertz CT molecular complexity index is 1660. The van der Waals surface area contributed by atoms with E-state index in [9.17, 15) is 34.1 Å². The van der Waals surface area contributed by atoms with E-state index in [2.05, 4.69) is 5.32 Å². The predicted octanol–water partition coefficient (Wildman–Crippen LogP) is 4.73. The van der Waals surface area contributed by atoms with Gasteiger partial charge in [0.1, 0.15) is 0 Å². The number of amides is 3. The molecule has 1 aliphatic carbocycles. The zero-order valence-corrected chi connectivity index (χ0v) is 22.4. The van der Waals surface area contributed by atoms with E-state index >= 15 is 0 Å². The van der Waals surface area contributed by atoms with Crippen molar-refractivity contribution < 1.29 is 33.6 Å². The van der Waals surface area contributed by atoms with E-state index in [0.717, 1.165) is 11.6 Å². The third-order valence-corrected chi connectivity index (χ3v) is 7.28. The lowest BCUT2D eigenvalue weighted by Crippen LogP contribution is -2.30. The Morgan fingerprint density at radius 1 is 0.929 bits per heavy atom. The minimum Gasteiger partial charge on any atom is -0.454 e. The number of carbonyl (C=O) groups excluding carboxylic acids is 5. The normalized spacial score (nSPS) is 17.7. The fourth-order valence-electron chi connectivity index (χ4n) is 5.07. The van der Waals surface area contributed by atoms with Gasteiger partial charge in [-0.15, -0.1) is 0 Å². The van der Waals surface area contributed by atoms with Crippen LogP contribution in [0.25, 0.3) is 0 Å². The summed E-state index contributed by atoms with van der Waals surface area (Å²) < 4.78 is 5.08. The van der Waals surface area contributed by atoms with Crippen LogP contribution in [-0.4, -0.2) is 41.0 Å². The highest BCUT2D eigenvalue weighted by Crippen LogP contribution is 2.39. The number of fused-ring (bicyclic) bond motifs is 1.